The molecule has 0 aliphatic rings. The summed E-state index contributed by atoms with van der Waals surface area (Å²) < 4.78 is 22.5. The number of phosphoric acid groups is 1. The molecule has 0 spiro atoms. The van der Waals surface area contributed by atoms with Crippen LogP contribution in [0.1, 0.15) is 23.6 Å². The van der Waals surface area contributed by atoms with E-state index in [1.807, 2.05) is 32.0 Å². The third-order valence-corrected chi connectivity index (χ3v) is 5.32. The zero-order valence-corrected chi connectivity index (χ0v) is 20.6. The average molecular weight is 448 g/mol. The monoisotopic (exact) mass is 448 g/mol. The van der Waals surface area contributed by atoms with Crippen molar-refractivity contribution in [3.63, 3.8) is 0 Å². The summed E-state index contributed by atoms with van der Waals surface area (Å²) >= 11 is 0. The molecule has 0 aliphatic carbocycles. The Morgan fingerprint density at radius 1 is 0.903 bits per heavy atom. The Hall–Kier alpha value is -2.08. The van der Waals surface area contributed by atoms with Gasteiger partial charge in [0.15, 0.2) is 0 Å². The van der Waals surface area contributed by atoms with Crippen LogP contribution in [0.2, 0.25) is 0 Å². The Balaban J connectivity index is 0.00000341. The van der Waals surface area contributed by atoms with Gasteiger partial charge in [0.25, 0.3) is 0 Å². The Kier molecular flexibility index (Phi) is 8.92. The fraction of sp³-hybridized carbons (Fsp3) is 0.174. The predicted molar refractivity (Wildman–Crippen MR) is 113 cm³/mol. The smallest absolute Gasteiger partial charge is 0.736 e. The molecule has 3 rings (SSSR count). The number of carbonyl (C=O) groups is 1. The second-order valence-electron chi connectivity index (χ2n) is 6.93. The molecule has 156 valence electrons. The van der Waals surface area contributed by atoms with Gasteiger partial charge in [0.05, 0.1) is 6.42 Å². The molecule has 8 heteroatoms. The quantitative estimate of drug-likeness (QED) is 0.417. The standard InChI is InChI=1S/C23H23O6P.Na/c1-3-17-12-16(2)13-22(14-17)29-30(26,27)28-21-10-8-20(9-11-21)19-6-4-18(5-7-19)15-23(24)25;/h4-14H,3,15H2,1-2H3,(H,24,25)(H,26,27);/q;+1/p-1. The third-order valence-electron chi connectivity index (χ3n) is 4.45. The van der Waals surface area contributed by atoms with Gasteiger partial charge in [-0.1, -0.05) is 49.4 Å². The summed E-state index contributed by atoms with van der Waals surface area (Å²) in [4.78, 5) is 23.1. The van der Waals surface area contributed by atoms with E-state index >= 15 is 0 Å². The van der Waals surface area contributed by atoms with Gasteiger partial charge in [-0.2, -0.15) is 0 Å². The van der Waals surface area contributed by atoms with Crippen molar-refractivity contribution in [2.24, 2.45) is 0 Å². The minimum atomic E-state index is -4.60. The summed E-state index contributed by atoms with van der Waals surface area (Å²) in [7, 11) is -4.60. The molecule has 0 fully saturated rings. The van der Waals surface area contributed by atoms with E-state index in [1.165, 1.54) is 0 Å². The number of rotatable bonds is 8. The Morgan fingerprint density at radius 2 is 1.45 bits per heavy atom. The molecular weight excluding hydrogens is 426 g/mol. The van der Waals surface area contributed by atoms with Crippen LogP contribution in [-0.4, -0.2) is 11.1 Å². The van der Waals surface area contributed by atoms with E-state index in [4.69, 9.17) is 14.2 Å². The first kappa shape index (κ1) is 25.2. The molecule has 1 N–H and O–H groups in total. The topological polar surface area (TPSA) is 95.9 Å². The second kappa shape index (κ2) is 11.0. The maximum absolute atomic E-state index is 12.3. The number of benzene rings is 3. The molecule has 0 aliphatic heterocycles. The molecule has 0 saturated carbocycles. The summed E-state index contributed by atoms with van der Waals surface area (Å²) in [6, 6.07) is 19.0. The SMILES string of the molecule is CCc1cc(C)cc(OP(=O)([O-])Oc2ccc(-c3ccc(CC(=O)O)cc3)cc2)c1.[Na+]. The van der Waals surface area contributed by atoms with E-state index in [0.29, 0.717) is 5.56 Å². The van der Waals surface area contributed by atoms with E-state index in [0.717, 1.165) is 28.7 Å². The van der Waals surface area contributed by atoms with Crippen molar-refractivity contribution in [2.45, 2.75) is 26.7 Å². The van der Waals surface area contributed by atoms with Gasteiger partial charge >= 0.3 is 43.3 Å². The molecular formula is C23H22NaO6P. The van der Waals surface area contributed by atoms with Crippen LogP contribution in [0.4, 0.5) is 0 Å². The molecule has 3 aromatic rings. The minimum absolute atomic E-state index is 0. The van der Waals surface area contributed by atoms with E-state index in [2.05, 4.69) is 0 Å². The summed E-state index contributed by atoms with van der Waals surface area (Å²) in [6.07, 6.45) is 0.730. The first-order valence-electron chi connectivity index (χ1n) is 9.46. The molecule has 6 nitrogen and oxygen atoms in total. The number of aryl methyl sites for hydroxylation is 2. The summed E-state index contributed by atoms with van der Waals surface area (Å²) in [5.41, 5.74) is 4.31. The summed E-state index contributed by atoms with van der Waals surface area (Å²) in [6.45, 7) is 3.85. The predicted octanol–water partition coefficient (Wildman–Crippen LogP) is 1.78. The zero-order chi connectivity index (χ0) is 21.7. The summed E-state index contributed by atoms with van der Waals surface area (Å²) in [5, 5.41) is 8.84. The van der Waals surface area contributed by atoms with Crippen molar-refractivity contribution in [3.05, 3.63) is 83.4 Å². The summed E-state index contributed by atoms with van der Waals surface area (Å²) in [5.74, 6) is -0.517. The maximum atomic E-state index is 12.3. The third kappa shape index (κ3) is 7.53. The number of hydrogen-bond acceptors (Lipinski definition) is 5. The molecule has 1 unspecified atom stereocenters. The molecule has 0 bridgehead atoms. The fourth-order valence-electron chi connectivity index (χ4n) is 3.06. The number of phosphoric ester groups is 1. The van der Waals surface area contributed by atoms with Crippen LogP contribution in [0.3, 0.4) is 0 Å². The van der Waals surface area contributed by atoms with Crippen LogP contribution in [0.5, 0.6) is 11.5 Å². The number of aliphatic carboxylic acids is 1. The molecule has 3 aromatic carbocycles. The van der Waals surface area contributed by atoms with Crippen molar-refractivity contribution in [2.75, 3.05) is 0 Å². The van der Waals surface area contributed by atoms with Crippen LogP contribution >= 0.6 is 7.82 Å². The van der Waals surface area contributed by atoms with E-state index in [1.54, 1.807) is 48.5 Å². The number of carboxylic acid groups (broad SMARTS) is 1. The van der Waals surface area contributed by atoms with Crippen molar-refractivity contribution < 1.29 is 58.0 Å². The van der Waals surface area contributed by atoms with Crippen LogP contribution in [0.25, 0.3) is 11.1 Å². The van der Waals surface area contributed by atoms with Crippen molar-refractivity contribution in [3.8, 4) is 22.6 Å². The molecule has 1 atom stereocenters. The molecule has 0 radical (unpaired) electrons. The Bertz CT molecular complexity index is 1080. The first-order chi connectivity index (χ1) is 14.2. The minimum Gasteiger partial charge on any atom is -0.736 e. The van der Waals surface area contributed by atoms with Gasteiger partial charge in [-0.3, -0.25) is 4.79 Å². The van der Waals surface area contributed by atoms with Gasteiger partial charge in [0.2, 0.25) is 0 Å². The van der Waals surface area contributed by atoms with Gasteiger partial charge in [-0.15, -0.1) is 0 Å². The van der Waals surface area contributed by atoms with Crippen LogP contribution in [-0.2, 0) is 22.2 Å². The second-order valence-corrected chi connectivity index (χ2v) is 8.19. The van der Waals surface area contributed by atoms with Crippen molar-refractivity contribution in [1.29, 1.82) is 0 Å². The fourth-order valence-corrected chi connectivity index (χ4v) is 3.84. The molecule has 0 saturated heterocycles. The van der Waals surface area contributed by atoms with Gasteiger partial charge < -0.3 is 19.0 Å². The first-order valence-corrected chi connectivity index (χ1v) is 10.9. The van der Waals surface area contributed by atoms with Crippen LogP contribution in [0.15, 0.2) is 66.7 Å². The Morgan fingerprint density at radius 3 is 2.00 bits per heavy atom. The molecule has 0 amide bonds. The van der Waals surface area contributed by atoms with Gasteiger partial charge in [-0.05, 0) is 65.4 Å². The maximum Gasteiger partial charge on any atom is 1.00 e. The van der Waals surface area contributed by atoms with E-state index in [-0.39, 0.29) is 47.5 Å². The van der Waals surface area contributed by atoms with Crippen molar-refractivity contribution in [1.82, 2.24) is 0 Å². The van der Waals surface area contributed by atoms with Crippen LogP contribution < -0.4 is 43.5 Å². The molecule has 0 heterocycles. The molecule has 0 aromatic heterocycles. The van der Waals surface area contributed by atoms with Gasteiger partial charge in [0, 0.05) is 0 Å². The number of hydrogen-bond donors (Lipinski definition) is 1. The number of carboxylic acids is 1. The van der Waals surface area contributed by atoms with Crippen molar-refractivity contribution >= 4 is 13.8 Å². The normalized spacial score (nSPS) is 12.4. The van der Waals surface area contributed by atoms with E-state index < -0.39 is 13.8 Å². The van der Waals surface area contributed by atoms with Crippen LogP contribution in [0, 0.1) is 6.92 Å². The van der Waals surface area contributed by atoms with Gasteiger partial charge in [-0.25, -0.2) is 4.57 Å². The average Bonchev–Trinajstić information content (AvgIpc) is 2.67. The Labute approximate surface area is 203 Å². The largest absolute Gasteiger partial charge is 1.00 e. The van der Waals surface area contributed by atoms with Gasteiger partial charge in [0.1, 0.15) is 11.5 Å². The zero-order valence-electron chi connectivity index (χ0n) is 17.7. The van der Waals surface area contributed by atoms with E-state index in [9.17, 15) is 14.3 Å². The molecule has 31 heavy (non-hydrogen) atoms.